The van der Waals surface area contributed by atoms with E-state index >= 15 is 0 Å². The zero-order valence-electron chi connectivity index (χ0n) is 9.74. The second-order valence-corrected chi connectivity index (χ2v) is 4.56. The molecule has 1 aromatic carbocycles. The van der Waals surface area contributed by atoms with Crippen LogP contribution >= 0.6 is 11.3 Å². The number of halogens is 2. The normalized spacial score (nSPS) is 10.3. The molecule has 1 aromatic heterocycles. The molecule has 0 fully saturated rings. The van der Waals surface area contributed by atoms with E-state index in [0.717, 1.165) is 23.5 Å². The standard InChI is InChI=1S/C12H8F2N2O2S/c1-6(17)10-5-19-12(15-10)16-11(18)7-2-8(13)4-9(14)3-7/h2-5H,1H3,(H,15,16,18). The Hall–Kier alpha value is -2.15. The van der Waals surface area contributed by atoms with Crippen molar-refractivity contribution >= 4 is 28.2 Å². The molecule has 1 heterocycles. The molecule has 98 valence electrons. The molecule has 0 aliphatic rings. The highest BCUT2D eigenvalue weighted by Crippen LogP contribution is 2.17. The summed E-state index contributed by atoms with van der Waals surface area (Å²) in [5.41, 5.74) is 0.0720. The molecule has 0 radical (unpaired) electrons. The number of Topliss-reactive ketones (excluding diaryl/α,β-unsaturated/α-hetero) is 1. The van der Waals surface area contributed by atoms with Crippen LogP contribution in [0, 0.1) is 11.6 Å². The lowest BCUT2D eigenvalue weighted by molar-refractivity contribution is 0.100. The van der Waals surface area contributed by atoms with Crippen LogP contribution < -0.4 is 5.32 Å². The topological polar surface area (TPSA) is 59.1 Å². The van der Waals surface area contributed by atoms with Gasteiger partial charge in [-0.05, 0) is 12.1 Å². The first kappa shape index (κ1) is 13.3. The molecular formula is C12H8F2N2O2S. The minimum Gasteiger partial charge on any atom is -0.298 e. The molecule has 0 aliphatic carbocycles. The maximum Gasteiger partial charge on any atom is 0.257 e. The third-order valence-corrected chi connectivity index (χ3v) is 2.97. The van der Waals surface area contributed by atoms with Crippen molar-refractivity contribution in [3.05, 3.63) is 46.5 Å². The number of hydrogen-bond donors (Lipinski definition) is 1. The molecule has 0 saturated heterocycles. The second kappa shape index (κ2) is 5.23. The van der Waals surface area contributed by atoms with Gasteiger partial charge in [0.2, 0.25) is 0 Å². The number of nitrogens with zero attached hydrogens (tertiary/aromatic N) is 1. The van der Waals surface area contributed by atoms with Crippen LogP contribution in [0.3, 0.4) is 0 Å². The van der Waals surface area contributed by atoms with Crippen LogP contribution in [-0.2, 0) is 0 Å². The van der Waals surface area contributed by atoms with Crippen molar-refractivity contribution < 1.29 is 18.4 Å². The van der Waals surface area contributed by atoms with Crippen LogP contribution in [0.4, 0.5) is 13.9 Å². The van der Waals surface area contributed by atoms with Gasteiger partial charge in [0.15, 0.2) is 10.9 Å². The summed E-state index contributed by atoms with van der Waals surface area (Å²) in [4.78, 5) is 26.6. The number of thiazole rings is 1. The van der Waals surface area contributed by atoms with Crippen molar-refractivity contribution in [3.8, 4) is 0 Å². The molecule has 19 heavy (non-hydrogen) atoms. The van der Waals surface area contributed by atoms with Crippen LogP contribution in [0.1, 0.15) is 27.8 Å². The van der Waals surface area contributed by atoms with Gasteiger partial charge in [0.1, 0.15) is 17.3 Å². The third kappa shape index (κ3) is 3.19. The van der Waals surface area contributed by atoms with Crippen molar-refractivity contribution in [3.63, 3.8) is 0 Å². The number of carbonyl (C=O) groups is 2. The van der Waals surface area contributed by atoms with E-state index in [0.29, 0.717) is 6.07 Å². The van der Waals surface area contributed by atoms with Crippen LogP contribution in [0.5, 0.6) is 0 Å². The lowest BCUT2D eigenvalue weighted by atomic mass is 10.2. The fourth-order valence-corrected chi connectivity index (χ4v) is 2.09. The van der Waals surface area contributed by atoms with Gasteiger partial charge in [-0.3, -0.25) is 14.9 Å². The van der Waals surface area contributed by atoms with Crippen molar-refractivity contribution in [2.75, 3.05) is 5.32 Å². The monoisotopic (exact) mass is 282 g/mol. The molecule has 1 amide bonds. The lowest BCUT2D eigenvalue weighted by Gasteiger charge is -2.02. The number of ketones is 1. The predicted molar refractivity (Wildman–Crippen MR) is 66.4 cm³/mol. The second-order valence-electron chi connectivity index (χ2n) is 3.71. The highest BCUT2D eigenvalue weighted by molar-refractivity contribution is 7.14. The van der Waals surface area contributed by atoms with E-state index in [1.165, 1.54) is 12.3 Å². The van der Waals surface area contributed by atoms with E-state index in [1.54, 1.807) is 0 Å². The van der Waals surface area contributed by atoms with Gasteiger partial charge in [-0.1, -0.05) is 0 Å². The molecule has 0 bridgehead atoms. The average Bonchev–Trinajstić information content (AvgIpc) is 2.76. The Kier molecular flexibility index (Phi) is 3.66. The SMILES string of the molecule is CC(=O)c1csc(NC(=O)c2cc(F)cc(F)c2)n1. The zero-order valence-corrected chi connectivity index (χ0v) is 10.6. The van der Waals surface area contributed by atoms with Gasteiger partial charge in [0, 0.05) is 23.9 Å². The van der Waals surface area contributed by atoms with Crippen molar-refractivity contribution in [1.82, 2.24) is 4.98 Å². The van der Waals surface area contributed by atoms with E-state index in [9.17, 15) is 18.4 Å². The van der Waals surface area contributed by atoms with Crippen LogP contribution in [0.15, 0.2) is 23.6 Å². The van der Waals surface area contributed by atoms with E-state index in [2.05, 4.69) is 10.3 Å². The largest absolute Gasteiger partial charge is 0.298 e. The van der Waals surface area contributed by atoms with Gasteiger partial charge in [0.05, 0.1) is 0 Å². The molecule has 2 rings (SSSR count). The number of aromatic nitrogens is 1. The Balaban J connectivity index is 2.18. The first-order valence-corrected chi connectivity index (χ1v) is 6.07. The number of carbonyl (C=O) groups excluding carboxylic acids is 2. The minimum absolute atomic E-state index is 0.155. The molecule has 4 nitrogen and oxygen atoms in total. The van der Waals surface area contributed by atoms with Crippen LogP contribution in [0.2, 0.25) is 0 Å². The first-order valence-electron chi connectivity index (χ1n) is 5.19. The van der Waals surface area contributed by atoms with Gasteiger partial charge in [-0.25, -0.2) is 13.8 Å². The summed E-state index contributed by atoms with van der Waals surface area (Å²) in [6, 6.07) is 2.50. The Bertz CT molecular complexity index is 635. The van der Waals surface area contributed by atoms with E-state index < -0.39 is 17.5 Å². The van der Waals surface area contributed by atoms with Gasteiger partial charge in [-0.15, -0.1) is 11.3 Å². The first-order chi connectivity index (χ1) is 8.95. The molecule has 7 heteroatoms. The fraction of sp³-hybridized carbons (Fsp3) is 0.0833. The number of amides is 1. The summed E-state index contributed by atoms with van der Waals surface area (Å²) in [5, 5.41) is 4.06. The van der Waals surface area contributed by atoms with Gasteiger partial charge in [-0.2, -0.15) is 0 Å². The smallest absolute Gasteiger partial charge is 0.257 e. The minimum atomic E-state index is -0.839. The maximum absolute atomic E-state index is 13.0. The van der Waals surface area contributed by atoms with Crippen molar-refractivity contribution in [2.24, 2.45) is 0 Å². The summed E-state index contributed by atoms with van der Waals surface area (Å²) in [6.45, 7) is 1.35. The molecular weight excluding hydrogens is 274 g/mol. The molecule has 0 unspecified atom stereocenters. The fourth-order valence-electron chi connectivity index (χ4n) is 1.35. The Morgan fingerprint density at radius 2 is 1.84 bits per heavy atom. The average molecular weight is 282 g/mol. The Labute approximate surface area is 111 Å². The third-order valence-electron chi connectivity index (χ3n) is 2.21. The summed E-state index contributed by atoms with van der Waals surface area (Å²) in [5.74, 6) is -2.60. The van der Waals surface area contributed by atoms with Crippen LogP contribution in [-0.4, -0.2) is 16.7 Å². The number of hydrogen-bond acceptors (Lipinski definition) is 4. The maximum atomic E-state index is 13.0. The number of benzene rings is 1. The predicted octanol–water partition coefficient (Wildman–Crippen LogP) is 2.88. The van der Waals surface area contributed by atoms with E-state index in [1.807, 2.05) is 0 Å². The molecule has 0 aliphatic heterocycles. The molecule has 0 spiro atoms. The van der Waals surface area contributed by atoms with Crippen molar-refractivity contribution in [2.45, 2.75) is 6.92 Å². The quantitative estimate of drug-likeness (QED) is 0.881. The Morgan fingerprint density at radius 3 is 2.37 bits per heavy atom. The summed E-state index contributed by atoms with van der Waals surface area (Å²) in [6.07, 6.45) is 0. The van der Waals surface area contributed by atoms with Crippen LogP contribution in [0.25, 0.3) is 0 Å². The number of rotatable bonds is 3. The van der Waals surface area contributed by atoms with E-state index in [4.69, 9.17) is 0 Å². The lowest BCUT2D eigenvalue weighted by Crippen LogP contribution is -2.12. The number of anilines is 1. The van der Waals surface area contributed by atoms with Gasteiger partial charge < -0.3 is 0 Å². The zero-order chi connectivity index (χ0) is 14.0. The highest BCUT2D eigenvalue weighted by Gasteiger charge is 2.12. The van der Waals surface area contributed by atoms with Gasteiger partial charge >= 0.3 is 0 Å². The molecule has 1 N–H and O–H groups in total. The molecule has 0 atom stereocenters. The van der Waals surface area contributed by atoms with Gasteiger partial charge in [0.25, 0.3) is 5.91 Å². The Morgan fingerprint density at radius 1 is 1.21 bits per heavy atom. The number of nitrogens with one attached hydrogen (secondary N) is 1. The summed E-state index contributed by atoms with van der Waals surface area (Å²) >= 11 is 1.06. The highest BCUT2D eigenvalue weighted by atomic mass is 32.1. The van der Waals surface area contributed by atoms with E-state index in [-0.39, 0.29) is 22.2 Å². The van der Waals surface area contributed by atoms with Crippen molar-refractivity contribution in [1.29, 1.82) is 0 Å². The summed E-state index contributed by atoms with van der Waals surface area (Å²) < 4.78 is 25.9. The molecule has 0 saturated carbocycles. The molecule has 2 aromatic rings. The summed E-state index contributed by atoms with van der Waals surface area (Å²) in [7, 11) is 0.